The van der Waals surface area contributed by atoms with Crippen molar-refractivity contribution in [3.8, 4) is 0 Å². The number of para-hydroxylation sites is 1. The van der Waals surface area contributed by atoms with E-state index in [2.05, 4.69) is 20.9 Å². The van der Waals surface area contributed by atoms with Crippen molar-refractivity contribution in [3.05, 3.63) is 99.9 Å². The number of Topliss-reactive ketones (excluding diaryl/α,β-unsaturated/α-hetero) is 1. The number of hydrogen-bond acceptors (Lipinski definition) is 6. The number of nitrogens with one attached hydrogen (secondary N) is 2. The van der Waals surface area contributed by atoms with E-state index in [1.807, 2.05) is 37.3 Å². The van der Waals surface area contributed by atoms with Crippen molar-refractivity contribution in [2.75, 3.05) is 10.6 Å². The molecule has 34 heavy (non-hydrogen) atoms. The van der Waals surface area contributed by atoms with E-state index in [1.54, 1.807) is 48.5 Å². The maximum atomic E-state index is 13.1. The third kappa shape index (κ3) is 5.57. The summed E-state index contributed by atoms with van der Waals surface area (Å²) in [6.45, 7) is 3.35. The minimum absolute atomic E-state index is 0.0284. The summed E-state index contributed by atoms with van der Waals surface area (Å²) < 4.78 is 0. The lowest BCUT2D eigenvalue weighted by molar-refractivity contribution is 0.101. The molecule has 0 radical (unpaired) electrons. The third-order valence-electron chi connectivity index (χ3n) is 4.99. The number of thiophene rings is 1. The Bertz CT molecular complexity index is 1350. The van der Waals surface area contributed by atoms with Crippen molar-refractivity contribution < 1.29 is 9.59 Å². The van der Waals surface area contributed by atoms with Gasteiger partial charge in [0, 0.05) is 27.5 Å². The zero-order valence-electron chi connectivity index (χ0n) is 18.5. The van der Waals surface area contributed by atoms with E-state index in [1.165, 1.54) is 18.3 Å². The van der Waals surface area contributed by atoms with Crippen LogP contribution in [0.5, 0.6) is 0 Å². The Kier molecular flexibility index (Phi) is 7.15. The molecular weight excluding hydrogens is 468 g/mol. The number of ketones is 1. The Morgan fingerprint density at radius 1 is 0.853 bits per heavy atom. The molecular formula is C26H21ClN4O2S. The maximum Gasteiger partial charge on any atom is 0.266 e. The van der Waals surface area contributed by atoms with Gasteiger partial charge >= 0.3 is 0 Å². The fourth-order valence-corrected chi connectivity index (χ4v) is 4.35. The van der Waals surface area contributed by atoms with Crippen LogP contribution >= 0.6 is 22.9 Å². The Hall–Kier alpha value is -3.81. The Balaban J connectivity index is 1.65. The SMILES string of the molecule is CC(=O)c1ccc(NC(=O)c2sc(Nc3ccccc3)c(N=Nc3ccc(Cl)cc3)c2C)cc1. The molecule has 0 bridgehead atoms. The molecule has 0 aliphatic heterocycles. The molecule has 0 unspecified atom stereocenters. The quantitative estimate of drug-likeness (QED) is 0.202. The van der Waals surface area contributed by atoms with Crippen LogP contribution in [0.3, 0.4) is 0 Å². The van der Waals surface area contributed by atoms with Crippen LogP contribution in [0.15, 0.2) is 89.1 Å². The van der Waals surface area contributed by atoms with Gasteiger partial charge in [-0.3, -0.25) is 9.59 Å². The molecule has 0 atom stereocenters. The lowest BCUT2D eigenvalue weighted by Gasteiger charge is -2.05. The highest BCUT2D eigenvalue weighted by molar-refractivity contribution is 7.19. The number of azo groups is 1. The van der Waals surface area contributed by atoms with E-state index >= 15 is 0 Å². The van der Waals surface area contributed by atoms with Crippen LogP contribution in [-0.4, -0.2) is 11.7 Å². The highest BCUT2D eigenvalue weighted by atomic mass is 35.5. The zero-order valence-corrected chi connectivity index (χ0v) is 20.1. The molecule has 0 aliphatic rings. The van der Waals surface area contributed by atoms with E-state index in [0.717, 1.165) is 5.69 Å². The molecule has 4 rings (SSSR count). The van der Waals surface area contributed by atoms with E-state index in [4.69, 9.17) is 11.6 Å². The minimum Gasteiger partial charge on any atom is -0.345 e. The molecule has 3 aromatic carbocycles. The summed E-state index contributed by atoms with van der Waals surface area (Å²) in [4.78, 5) is 25.1. The first-order valence-electron chi connectivity index (χ1n) is 10.5. The number of carbonyl (C=O) groups is 2. The number of carbonyl (C=O) groups excluding carboxylic acids is 2. The van der Waals surface area contributed by atoms with Gasteiger partial charge in [-0.15, -0.1) is 16.5 Å². The molecule has 6 nitrogen and oxygen atoms in total. The molecule has 0 saturated heterocycles. The van der Waals surface area contributed by atoms with Gasteiger partial charge in [0.15, 0.2) is 5.78 Å². The van der Waals surface area contributed by atoms with E-state index in [9.17, 15) is 9.59 Å². The van der Waals surface area contributed by atoms with Crippen molar-refractivity contribution in [1.29, 1.82) is 0 Å². The molecule has 1 heterocycles. The van der Waals surface area contributed by atoms with Gasteiger partial charge in [-0.05, 0) is 74.5 Å². The van der Waals surface area contributed by atoms with Crippen molar-refractivity contribution >= 4 is 62.4 Å². The van der Waals surface area contributed by atoms with Crippen LogP contribution in [0.2, 0.25) is 5.02 Å². The lowest BCUT2D eigenvalue weighted by Crippen LogP contribution is -2.11. The summed E-state index contributed by atoms with van der Waals surface area (Å²) in [6, 6.07) is 23.5. The van der Waals surface area contributed by atoms with Crippen LogP contribution in [0.1, 0.15) is 32.5 Å². The fraction of sp³-hybridized carbons (Fsp3) is 0.0769. The number of halogens is 1. The van der Waals surface area contributed by atoms with Crippen LogP contribution in [0, 0.1) is 6.92 Å². The van der Waals surface area contributed by atoms with Crippen LogP contribution in [0.25, 0.3) is 0 Å². The van der Waals surface area contributed by atoms with Gasteiger partial charge in [0.25, 0.3) is 5.91 Å². The zero-order chi connectivity index (χ0) is 24.1. The van der Waals surface area contributed by atoms with Gasteiger partial charge in [0.1, 0.15) is 10.7 Å². The number of hydrogen-bond donors (Lipinski definition) is 2. The van der Waals surface area contributed by atoms with Gasteiger partial charge in [0.05, 0.1) is 10.6 Å². The number of benzene rings is 3. The number of rotatable bonds is 7. The van der Waals surface area contributed by atoms with Gasteiger partial charge in [-0.1, -0.05) is 29.8 Å². The largest absolute Gasteiger partial charge is 0.345 e. The van der Waals surface area contributed by atoms with E-state index < -0.39 is 0 Å². The Labute approximate surface area is 206 Å². The molecule has 0 aliphatic carbocycles. The highest BCUT2D eigenvalue weighted by Crippen LogP contribution is 2.42. The molecule has 170 valence electrons. The third-order valence-corrected chi connectivity index (χ3v) is 6.44. The molecule has 4 aromatic rings. The summed E-state index contributed by atoms with van der Waals surface area (Å²) in [5.74, 6) is -0.290. The van der Waals surface area contributed by atoms with Gasteiger partial charge in [-0.2, -0.15) is 5.11 Å². The topological polar surface area (TPSA) is 82.9 Å². The van der Waals surface area contributed by atoms with Gasteiger partial charge in [0.2, 0.25) is 0 Å². The van der Waals surface area contributed by atoms with Crippen molar-refractivity contribution in [1.82, 2.24) is 0 Å². The summed E-state index contributed by atoms with van der Waals surface area (Å²) in [7, 11) is 0. The second kappa shape index (κ2) is 10.4. The first kappa shape index (κ1) is 23.4. The number of anilines is 3. The minimum atomic E-state index is -0.262. The monoisotopic (exact) mass is 488 g/mol. The van der Waals surface area contributed by atoms with Gasteiger partial charge in [-0.25, -0.2) is 0 Å². The van der Waals surface area contributed by atoms with Crippen molar-refractivity contribution in [3.63, 3.8) is 0 Å². The van der Waals surface area contributed by atoms with E-state index in [0.29, 0.717) is 43.1 Å². The first-order valence-corrected chi connectivity index (χ1v) is 11.7. The molecule has 0 saturated carbocycles. The maximum absolute atomic E-state index is 13.1. The highest BCUT2D eigenvalue weighted by Gasteiger charge is 2.21. The van der Waals surface area contributed by atoms with Crippen LogP contribution < -0.4 is 10.6 Å². The number of nitrogens with zero attached hydrogens (tertiary/aromatic N) is 2. The van der Waals surface area contributed by atoms with Gasteiger partial charge < -0.3 is 10.6 Å². The molecule has 2 N–H and O–H groups in total. The molecule has 8 heteroatoms. The lowest BCUT2D eigenvalue weighted by atomic mass is 10.1. The second-order valence-corrected chi connectivity index (χ2v) is 8.95. The smallest absolute Gasteiger partial charge is 0.266 e. The second-order valence-electron chi connectivity index (χ2n) is 7.49. The van der Waals surface area contributed by atoms with Crippen LogP contribution in [-0.2, 0) is 0 Å². The molecule has 0 fully saturated rings. The first-order chi connectivity index (χ1) is 16.4. The summed E-state index contributed by atoms with van der Waals surface area (Å²) in [5.41, 5.74) is 4.00. The van der Waals surface area contributed by atoms with Crippen LogP contribution in [0.4, 0.5) is 27.8 Å². The molecule has 1 aromatic heterocycles. The molecule has 0 spiro atoms. The van der Waals surface area contributed by atoms with Crippen molar-refractivity contribution in [2.45, 2.75) is 13.8 Å². The summed E-state index contributed by atoms with van der Waals surface area (Å²) >= 11 is 7.26. The number of amides is 1. The van der Waals surface area contributed by atoms with E-state index in [-0.39, 0.29) is 11.7 Å². The average molecular weight is 489 g/mol. The fourth-order valence-electron chi connectivity index (χ4n) is 3.17. The Morgan fingerprint density at radius 2 is 1.53 bits per heavy atom. The summed E-state index contributed by atoms with van der Waals surface area (Å²) in [6.07, 6.45) is 0. The standard InChI is InChI=1S/C26H21ClN4O2S/c1-16-23(31-30-22-14-10-19(27)11-15-22)26(29-20-6-4-3-5-7-20)34-24(16)25(33)28-21-12-8-18(9-13-21)17(2)32/h3-15,29H,1-2H3,(H,28,33). The molecule has 1 amide bonds. The average Bonchev–Trinajstić information content (AvgIpc) is 3.14. The normalized spacial score (nSPS) is 10.9. The Morgan fingerprint density at radius 3 is 2.18 bits per heavy atom. The van der Waals surface area contributed by atoms with Crippen molar-refractivity contribution in [2.24, 2.45) is 10.2 Å². The summed E-state index contributed by atoms with van der Waals surface area (Å²) in [5, 5.41) is 16.4. The predicted molar refractivity (Wildman–Crippen MR) is 139 cm³/mol. The predicted octanol–water partition coefficient (Wildman–Crippen LogP) is 8.32.